The Bertz CT molecular complexity index is 1030. The van der Waals surface area contributed by atoms with Gasteiger partial charge in [0.05, 0.1) is 26.9 Å². The molecule has 0 saturated carbocycles. The van der Waals surface area contributed by atoms with Gasteiger partial charge in [-0.1, -0.05) is 60.7 Å². The Morgan fingerprint density at radius 3 is 1.65 bits per heavy atom. The van der Waals surface area contributed by atoms with Crippen molar-refractivity contribution >= 4 is 11.9 Å². The molecule has 3 aromatic carbocycles. The maximum absolute atomic E-state index is 13.3. The SMILES string of the molecule is COc1cc(C(=O)O[C@@H](C)C(=O)N(Cc2ccccc2)Cc2ccccc2)cc(OC)c1OC. The standard InChI is InChI=1S/C27H29NO6/c1-19(34-27(30)22-15-23(31-2)25(33-4)24(16-22)32-3)26(29)28(17-20-11-7-5-8-12-20)18-21-13-9-6-10-14-21/h5-16,19H,17-18H2,1-4H3/t19-/m0/s1. The fourth-order valence-electron chi connectivity index (χ4n) is 3.55. The lowest BCUT2D eigenvalue weighted by Gasteiger charge is -2.26. The summed E-state index contributed by atoms with van der Waals surface area (Å²) < 4.78 is 21.4. The molecule has 0 aliphatic rings. The van der Waals surface area contributed by atoms with Gasteiger partial charge in [0.15, 0.2) is 17.6 Å². The molecule has 0 bridgehead atoms. The van der Waals surface area contributed by atoms with E-state index in [1.807, 2.05) is 60.7 Å². The van der Waals surface area contributed by atoms with Gasteiger partial charge in [0.25, 0.3) is 5.91 Å². The minimum atomic E-state index is -1.00. The first kappa shape index (κ1) is 24.6. The van der Waals surface area contributed by atoms with E-state index < -0.39 is 12.1 Å². The topological polar surface area (TPSA) is 74.3 Å². The zero-order valence-electron chi connectivity index (χ0n) is 19.8. The van der Waals surface area contributed by atoms with Crippen LogP contribution in [0.3, 0.4) is 0 Å². The zero-order valence-corrected chi connectivity index (χ0v) is 19.8. The van der Waals surface area contributed by atoms with Crippen molar-refractivity contribution < 1.29 is 28.5 Å². The number of rotatable bonds is 10. The summed E-state index contributed by atoms with van der Waals surface area (Å²) in [5.74, 6) is 0.0423. The highest BCUT2D eigenvalue weighted by molar-refractivity contribution is 5.93. The van der Waals surface area contributed by atoms with Crippen molar-refractivity contribution in [2.75, 3.05) is 21.3 Å². The van der Waals surface area contributed by atoms with Gasteiger partial charge in [-0.05, 0) is 30.2 Å². The summed E-state index contributed by atoms with van der Waals surface area (Å²) in [6.45, 7) is 2.35. The molecule has 0 saturated heterocycles. The van der Waals surface area contributed by atoms with Gasteiger partial charge in [0.1, 0.15) is 0 Å². The molecule has 0 spiro atoms. The molecule has 0 radical (unpaired) electrons. The molecule has 7 heteroatoms. The number of amides is 1. The lowest BCUT2D eigenvalue weighted by Crippen LogP contribution is -2.39. The third-order valence-electron chi connectivity index (χ3n) is 5.28. The van der Waals surface area contributed by atoms with Crippen LogP contribution in [0.15, 0.2) is 72.8 Å². The van der Waals surface area contributed by atoms with Crippen LogP contribution in [0.25, 0.3) is 0 Å². The Kier molecular flexibility index (Phi) is 8.51. The van der Waals surface area contributed by atoms with E-state index in [4.69, 9.17) is 18.9 Å². The van der Waals surface area contributed by atoms with Crippen LogP contribution in [0.4, 0.5) is 0 Å². The molecule has 0 fully saturated rings. The molecule has 1 amide bonds. The number of methoxy groups -OCH3 is 3. The highest BCUT2D eigenvalue weighted by atomic mass is 16.6. The molecule has 178 valence electrons. The summed E-state index contributed by atoms with van der Waals surface area (Å²) in [7, 11) is 4.40. The molecule has 0 aromatic heterocycles. The molecule has 3 rings (SSSR count). The molecule has 0 unspecified atom stereocenters. The Balaban J connectivity index is 1.79. The van der Waals surface area contributed by atoms with Gasteiger partial charge >= 0.3 is 5.97 Å². The first-order valence-corrected chi connectivity index (χ1v) is 10.8. The molecule has 3 aromatic rings. The smallest absolute Gasteiger partial charge is 0.339 e. The molecule has 1 atom stereocenters. The van der Waals surface area contributed by atoms with E-state index in [1.165, 1.54) is 33.5 Å². The number of nitrogens with zero attached hydrogens (tertiary/aromatic N) is 1. The third kappa shape index (κ3) is 6.07. The second-order valence-corrected chi connectivity index (χ2v) is 7.63. The van der Waals surface area contributed by atoms with Gasteiger partial charge in [0, 0.05) is 13.1 Å². The Morgan fingerprint density at radius 1 is 0.765 bits per heavy atom. The van der Waals surface area contributed by atoms with E-state index in [1.54, 1.807) is 11.8 Å². The predicted octanol–water partition coefficient (Wildman–Crippen LogP) is 4.49. The molecule has 0 aliphatic heterocycles. The van der Waals surface area contributed by atoms with Crippen molar-refractivity contribution in [3.05, 3.63) is 89.5 Å². The van der Waals surface area contributed by atoms with Crippen LogP contribution in [0, 0.1) is 0 Å². The van der Waals surface area contributed by atoms with Gasteiger partial charge < -0.3 is 23.8 Å². The monoisotopic (exact) mass is 463 g/mol. The molecular formula is C27H29NO6. The summed E-state index contributed by atoms with van der Waals surface area (Å²) in [6.07, 6.45) is -1.00. The predicted molar refractivity (Wildman–Crippen MR) is 128 cm³/mol. The molecule has 7 nitrogen and oxygen atoms in total. The molecular weight excluding hydrogens is 434 g/mol. The van der Waals surface area contributed by atoms with Crippen molar-refractivity contribution in [1.82, 2.24) is 4.90 Å². The largest absolute Gasteiger partial charge is 0.493 e. The molecule has 0 heterocycles. The summed E-state index contributed by atoms with van der Waals surface area (Å²) in [6, 6.07) is 22.4. The van der Waals surface area contributed by atoms with Crippen molar-refractivity contribution in [2.24, 2.45) is 0 Å². The fraction of sp³-hybridized carbons (Fsp3) is 0.259. The second kappa shape index (κ2) is 11.7. The number of hydrogen-bond donors (Lipinski definition) is 0. The number of esters is 1. The summed E-state index contributed by atoms with van der Waals surface area (Å²) in [5.41, 5.74) is 2.15. The van der Waals surface area contributed by atoms with E-state index in [2.05, 4.69) is 0 Å². The van der Waals surface area contributed by atoms with E-state index in [0.29, 0.717) is 30.3 Å². The van der Waals surface area contributed by atoms with Crippen molar-refractivity contribution in [3.8, 4) is 17.2 Å². The van der Waals surface area contributed by atoms with E-state index in [-0.39, 0.29) is 11.5 Å². The van der Waals surface area contributed by atoms with Crippen molar-refractivity contribution in [2.45, 2.75) is 26.1 Å². The number of carbonyl (C=O) groups excluding carboxylic acids is 2. The molecule has 0 N–H and O–H groups in total. The van der Waals surface area contributed by atoms with Crippen LogP contribution >= 0.6 is 0 Å². The average molecular weight is 464 g/mol. The minimum Gasteiger partial charge on any atom is -0.493 e. The van der Waals surface area contributed by atoms with Crippen LogP contribution in [0.2, 0.25) is 0 Å². The van der Waals surface area contributed by atoms with Gasteiger partial charge in [0.2, 0.25) is 5.75 Å². The zero-order chi connectivity index (χ0) is 24.5. The first-order chi connectivity index (χ1) is 16.5. The highest BCUT2D eigenvalue weighted by Crippen LogP contribution is 2.38. The van der Waals surface area contributed by atoms with Gasteiger partial charge in [-0.25, -0.2) is 4.79 Å². The second-order valence-electron chi connectivity index (χ2n) is 7.63. The van der Waals surface area contributed by atoms with Crippen LogP contribution in [0.1, 0.15) is 28.4 Å². The highest BCUT2D eigenvalue weighted by Gasteiger charge is 2.26. The third-order valence-corrected chi connectivity index (χ3v) is 5.28. The Labute approximate surface area is 199 Å². The number of hydrogen-bond acceptors (Lipinski definition) is 6. The van der Waals surface area contributed by atoms with Crippen LogP contribution < -0.4 is 14.2 Å². The van der Waals surface area contributed by atoms with Crippen molar-refractivity contribution in [3.63, 3.8) is 0 Å². The quantitative estimate of drug-likeness (QED) is 0.413. The Morgan fingerprint density at radius 2 is 1.24 bits per heavy atom. The van der Waals surface area contributed by atoms with Crippen molar-refractivity contribution in [1.29, 1.82) is 0 Å². The number of benzene rings is 3. The lowest BCUT2D eigenvalue weighted by molar-refractivity contribution is -0.141. The minimum absolute atomic E-state index is 0.187. The maximum atomic E-state index is 13.3. The van der Waals surface area contributed by atoms with Gasteiger partial charge in [-0.2, -0.15) is 0 Å². The number of ether oxygens (including phenoxy) is 4. The van der Waals surface area contributed by atoms with E-state index in [9.17, 15) is 9.59 Å². The maximum Gasteiger partial charge on any atom is 0.339 e. The normalized spacial score (nSPS) is 11.3. The van der Waals surface area contributed by atoms with Crippen LogP contribution in [-0.4, -0.2) is 44.2 Å². The summed E-state index contributed by atoms with van der Waals surface area (Å²) in [5, 5.41) is 0. The van der Waals surface area contributed by atoms with Gasteiger partial charge in [-0.3, -0.25) is 4.79 Å². The average Bonchev–Trinajstić information content (AvgIpc) is 2.87. The van der Waals surface area contributed by atoms with E-state index >= 15 is 0 Å². The first-order valence-electron chi connectivity index (χ1n) is 10.8. The lowest BCUT2D eigenvalue weighted by atomic mass is 10.1. The fourth-order valence-corrected chi connectivity index (χ4v) is 3.55. The molecule has 34 heavy (non-hydrogen) atoms. The Hall–Kier alpha value is -4.00. The van der Waals surface area contributed by atoms with Crippen LogP contribution in [0.5, 0.6) is 17.2 Å². The van der Waals surface area contributed by atoms with Crippen LogP contribution in [-0.2, 0) is 22.6 Å². The summed E-state index contributed by atoms with van der Waals surface area (Å²) in [4.78, 5) is 27.9. The number of carbonyl (C=O) groups is 2. The van der Waals surface area contributed by atoms with Gasteiger partial charge in [-0.15, -0.1) is 0 Å². The molecule has 0 aliphatic carbocycles. The summed E-state index contributed by atoms with van der Waals surface area (Å²) >= 11 is 0. The van der Waals surface area contributed by atoms with E-state index in [0.717, 1.165) is 11.1 Å².